The number of ether oxygens (including phenoxy) is 1. The lowest BCUT2D eigenvalue weighted by Crippen LogP contribution is -2.48. The molecule has 3 aromatic rings. The molecule has 5 rings (SSSR count). The highest BCUT2D eigenvalue weighted by molar-refractivity contribution is 7.18. The number of rotatable bonds is 4. The summed E-state index contributed by atoms with van der Waals surface area (Å²) < 4.78 is 5.54. The van der Waals surface area contributed by atoms with Crippen molar-refractivity contribution in [3.8, 4) is 11.1 Å². The van der Waals surface area contributed by atoms with E-state index < -0.39 is 0 Å². The molecule has 0 atom stereocenters. The molecule has 0 aliphatic carbocycles. The van der Waals surface area contributed by atoms with E-state index in [0.29, 0.717) is 13.1 Å². The van der Waals surface area contributed by atoms with Crippen LogP contribution in [0.25, 0.3) is 11.1 Å². The van der Waals surface area contributed by atoms with Gasteiger partial charge in [0.15, 0.2) is 0 Å². The Morgan fingerprint density at radius 3 is 2.31 bits per heavy atom. The summed E-state index contributed by atoms with van der Waals surface area (Å²) in [5.41, 5.74) is 3.40. The smallest absolute Gasteiger partial charge is 0.264 e. The number of benzene rings is 2. The molecule has 7 heteroatoms. The van der Waals surface area contributed by atoms with Crippen molar-refractivity contribution in [2.75, 3.05) is 62.3 Å². The van der Waals surface area contributed by atoms with E-state index in [2.05, 4.69) is 34.1 Å². The Balaban J connectivity index is 1.35. The van der Waals surface area contributed by atoms with Crippen molar-refractivity contribution < 1.29 is 9.53 Å². The van der Waals surface area contributed by atoms with Gasteiger partial charge in [0, 0.05) is 55.5 Å². The predicted octanol–water partition coefficient (Wildman–Crippen LogP) is 4.87. The van der Waals surface area contributed by atoms with Gasteiger partial charge in [-0.25, -0.2) is 0 Å². The fraction of sp³-hybridized carbons (Fsp3) is 0.320. The third-order valence-corrected chi connectivity index (χ3v) is 7.47. The number of morpholine rings is 1. The van der Waals surface area contributed by atoms with Gasteiger partial charge in [-0.1, -0.05) is 48.0 Å². The van der Waals surface area contributed by atoms with Gasteiger partial charge in [-0.3, -0.25) is 4.79 Å². The molecule has 0 N–H and O–H groups in total. The number of carbonyl (C=O) groups excluding carboxylic acids is 1. The minimum Gasteiger partial charge on any atom is -0.378 e. The summed E-state index contributed by atoms with van der Waals surface area (Å²) >= 11 is 7.76. The molecule has 166 valence electrons. The minimum absolute atomic E-state index is 0.123. The Bertz CT molecular complexity index is 1070. The lowest BCUT2D eigenvalue weighted by molar-refractivity contribution is 0.0751. The van der Waals surface area contributed by atoms with E-state index in [1.54, 1.807) is 11.3 Å². The van der Waals surface area contributed by atoms with Gasteiger partial charge in [-0.05, 0) is 29.8 Å². The van der Waals surface area contributed by atoms with E-state index in [9.17, 15) is 4.79 Å². The van der Waals surface area contributed by atoms with Crippen LogP contribution in [0.1, 0.15) is 9.67 Å². The van der Waals surface area contributed by atoms with Crippen LogP contribution >= 0.6 is 22.9 Å². The standard InChI is InChI=1S/C25H26ClN3O2S/c26-20-7-4-8-21(17-20)27-9-11-28(12-10-27)24(30)23-18-22(19-5-2-1-3-6-19)25(32-23)29-13-15-31-16-14-29/h1-8,17-18H,9-16H2. The number of halogens is 1. The maximum absolute atomic E-state index is 13.4. The summed E-state index contributed by atoms with van der Waals surface area (Å²) in [4.78, 5) is 20.9. The Morgan fingerprint density at radius 2 is 1.59 bits per heavy atom. The first-order chi connectivity index (χ1) is 15.7. The van der Waals surface area contributed by atoms with Crippen LogP contribution < -0.4 is 9.80 Å². The Morgan fingerprint density at radius 1 is 0.844 bits per heavy atom. The molecule has 1 amide bonds. The Kier molecular flexibility index (Phi) is 6.35. The zero-order valence-corrected chi connectivity index (χ0v) is 19.4. The van der Waals surface area contributed by atoms with Crippen LogP contribution in [0, 0.1) is 0 Å². The molecular weight excluding hydrogens is 442 g/mol. The quantitative estimate of drug-likeness (QED) is 0.548. The van der Waals surface area contributed by atoms with Gasteiger partial charge in [0.05, 0.1) is 23.1 Å². The minimum atomic E-state index is 0.123. The van der Waals surface area contributed by atoms with Crippen molar-refractivity contribution in [2.24, 2.45) is 0 Å². The molecule has 3 heterocycles. The van der Waals surface area contributed by atoms with Crippen molar-refractivity contribution >= 4 is 39.5 Å². The zero-order valence-electron chi connectivity index (χ0n) is 17.9. The summed E-state index contributed by atoms with van der Waals surface area (Å²) in [6.45, 7) is 6.17. The summed E-state index contributed by atoms with van der Waals surface area (Å²) in [5, 5.41) is 1.91. The molecular formula is C25H26ClN3O2S. The molecule has 0 bridgehead atoms. The average Bonchev–Trinajstić information content (AvgIpc) is 3.30. The molecule has 0 spiro atoms. The first-order valence-corrected chi connectivity index (χ1v) is 12.2. The molecule has 5 nitrogen and oxygen atoms in total. The largest absolute Gasteiger partial charge is 0.378 e. The number of nitrogens with zero attached hydrogens (tertiary/aromatic N) is 3. The second kappa shape index (κ2) is 9.53. The van der Waals surface area contributed by atoms with Gasteiger partial charge < -0.3 is 19.4 Å². The molecule has 0 saturated carbocycles. The highest BCUT2D eigenvalue weighted by Crippen LogP contribution is 2.40. The molecule has 0 radical (unpaired) electrons. The summed E-state index contributed by atoms with van der Waals surface area (Å²) in [6, 6.07) is 20.3. The number of anilines is 2. The first kappa shape index (κ1) is 21.3. The van der Waals surface area contributed by atoms with Crippen LogP contribution in [0.2, 0.25) is 5.02 Å². The number of amides is 1. The van der Waals surface area contributed by atoms with Crippen molar-refractivity contribution in [1.29, 1.82) is 0 Å². The molecule has 1 aromatic heterocycles. The average molecular weight is 468 g/mol. The molecule has 2 saturated heterocycles. The van der Waals surface area contributed by atoms with Crippen molar-refractivity contribution in [2.45, 2.75) is 0 Å². The Hall–Kier alpha value is -2.54. The molecule has 2 aliphatic heterocycles. The lowest BCUT2D eigenvalue weighted by Gasteiger charge is -2.36. The summed E-state index contributed by atoms with van der Waals surface area (Å²) in [5.74, 6) is 0.123. The molecule has 2 fully saturated rings. The molecule has 32 heavy (non-hydrogen) atoms. The second-order valence-electron chi connectivity index (χ2n) is 8.05. The zero-order chi connectivity index (χ0) is 21.9. The molecule has 0 unspecified atom stereocenters. The van der Waals surface area contributed by atoms with Crippen molar-refractivity contribution in [3.05, 3.63) is 70.6 Å². The van der Waals surface area contributed by atoms with Gasteiger partial charge >= 0.3 is 0 Å². The monoisotopic (exact) mass is 467 g/mol. The van der Waals surface area contributed by atoms with E-state index in [4.69, 9.17) is 16.3 Å². The number of hydrogen-bond acceptors (Lipinski definition) is 5. The van der Waals surface area contributed by atoms with Gasteiger partial charge in [0.25, 0.3) is 5.91 Å². The Labute approximate surface area is 197 Å². The lowest BCUT2D eigenvalue weighted by atomic mass is 10.1. The predicted molar refractivity (Wildman–Crippen MR) is 132 cm³/mol. The topological polar surface area (TPSA) is 36.0 Å². The summed E-state index contributed by atoms with van der Waals surface area (Å²) in [6.07, 6.45) is 0. The maximum atomic E-state index is 13.4. The third-order valence-electron chi connectivity index (χ3n) is 6.05. The van der Waals surface area contributed by atoms with Crippen LogP contribution in [0.5, 0.6) is 0 Å². The highest BCUT2D eigenvalue weighted by atomic mass is 35.5. The van der Waals surface area contributed by atoms with Crippen LogP contribution in [-0.4, -0.2) is 63.3 Å². The second-order valence-corrected chi connectivity index (χ2v) is 9.52. The highest BCUT2D eigenvalue weighted by Gasteiger charge is 2.27. The van der Waals surface area contributed by atoms with Crippen molar-refractivity contribution in [1.82, 2.24) is 4.90 Å². The van der Waals surface area contributed by atoms with Gasteiger partial charge in [0.1, 0.15) is 0 Å². The van der Waals surface area contributed by atoms with E-state index in [-0.39, 0.29) is 5.91 Å². The van der Waals surface area contributed by atoms with Gasteiger partial charge in [-0.2, -0.15) is 0 Å². The normalized spacial score (nSPS) is 17.0. The van der Waals surface area contributed by atoms with Crippen LogP contribution in [0.4, 0.5) is 10.7 Å². The van der Waals surface area contributed by atoms with E-state index >= 15 is 0 Å². The number of piperazine rings is 1. The van der Waals surface area contributed by atoms with E-state index in [1.165, 1.54) is 5.00 Å². The van der Waals surface area contributed by atoms with E-state index in [0.717, 1.165) is 66.1 Å². The molecule has 2 aromatic carbocycles. The van der Waals surface area contributed by atoms with Gasteiger partial charge in [0.2, 0.25) is 0 Å². The van der Waals surface area contributed by atoms with Crippen LogP contribution in [0.3, 0.4) is 0 Å². The summed E-state index contributed by atoms with van der Waals surface area (Å²) in [7, 11) is 0. The molecule has 2 aliphatic rings. The van der Waals surface area contributed by atoms with Crippen LogP contribution in [0.15, 0.2) is 60.7 Å². The fourth-order valence-electron chi connectivity index (χ4n) is 4.31. The van der Waals surface area contributed by atoms with Crippen molar-refractivity contribution in [3.63, 3.8) is 0 Å². The van der Waals surface area contributed by atoms with Gasteiger partial charge in [-0.15, -0.1) is 11.3 Å². The first-order valence-electron chi connectivity index (χ1n) is 11.0. The maximum Gasteiger partial charge on any atom is 0.264 e. The number of hydrogen-bond donors (Lipinski definition) is 0. The number of carbonyl (C=O) groups is 1. The number of thiophene rings is 1. The third kappa shape index (κ3) is 4.49. The van der Waals surface area contributed by atoms with E-state index in [1.807, 2.05) is 41.3 Å². The van der Waals surface area contributed by atoms with Crippen LogP contribution in [-0.2, 0) is 4.74 Å². The SMILES string of the molecule is O=C(c1cc(-c2ccccc2)c(N2CCOCC2)s1)N1CCN(c2cccc(Cl)c2)CC1. The fourth-order valence-corrected chi connectivity index (χ4v) is 5.69.